The Bertz CT molecular complexity index is 1610. The molecule has 10 nitrogen and oxygen atoms in total. The van der Waals surface area contributed by atoms with E-state index in [0.717, 1.165) is 22.2 Å². The zero-order valence-electron chi connectivity index (χ0n) is 26.3. The maximum absolute atomic E-state index is 14.2. The van der Waals surface area contributed by atoms with Crippen LogP contribution in [0, 0.1) is 11.8 Å². The minimum Gasteiger partial charge on any atom is -0.445 e. The van der Waals surface area contributed by atoms with Gasteiger partial charge in [0.05, 0.1) is 10.5 Å². The number of ether oxygens (including phenoxy) is 1. The number of carbonyl (C=O) groups is 4. The number of halogens is 3. The summed E-state index contributed by atoms with van der Waals surface area (Å²) in [5.41, 5.74) is 7.25. The van der Waals surface area contributed by atoms with Gasteiger partial charge in [-0.25, -0.2) is 4.79 Å². The molecule has 0 aliphatic heterocycles. The maximum atomic E-state index is 14.2. The van der Waals surface area contributed by atoms with E-state index in [2.05, 4.69) is 20.9 Å². The fourth-order valence-corrected chi connectivity index (χ4v) is 6.42. The van der Waals surface area contributed by atoms with E-state index < -0.39 is 41.4 Å². The summed E-state index contributed by atoms with van der Waals surface area (Å²) in [5, 5.41) is 10.7. The summed E-state index contributed by atoms with van der Waals surface area (Å²) >= 11 is 18.8. The van der Waals surface area contributed by atoms with E-state index in [0.29, 0.717) is 39.8 Å². The number of hydrogen-bond acceptors (Lipinski definition) is 5. The second-order valence-corrected chi connectivity index (χ2v) is 13.4. The maximum Gasteiger partial charge on any atom is 0.408 e. The fourth-order valence-electron chi connectivity index (χ4n) is 5.75. The average molecular weight is 693 g/mol. The molecule has 6 N–H and O–H groups in total. The summed E-state index contributed by atoms with van der Waals surface area (Å²) in [5.74, 6) is -2.35. The van der Waals surface area contributed by atoms with Gasteiger partial charge >= 0.3 is 6.09 Å². The number of primary amides is 1. The Kier molecular flexibility index (Phi) is 11.5. The Labute approximate surface area is 283 Å². The third-order valence-electron chi connectivity index (χ3n) is 8.96. The topological polar surface area (TPSA) is 155 Å². The minimum absolute atomic E-state index is 0.0250. The third-order valence-corrected chi connectivity index (χ3v) is 9.72. The van der Waals surface area contributed by atoms with Gasteiger partial charge in [-0.1, -0.05) is 87.5 Å². The molecular formula is C33H40Cl3N5O5. The number of benzene rings is 2. The Morgan fingerprint density at radius 3 is 2.24 bits per heavy atom. The minimum atomic E-state index is -1.49. The van der Waals surface area contributed by atoms with Crippen molar-refractivity contribution in [1.82, 2.24) is 20.9 Å². The second-order valence-electron chi connectivity index (χ2n) is 12.1. The fraction of sp³-hybridized carbons (Fsp3) is 0.455. The summed E-state index contributed by atoms with van der Waals surface area (Å²) < 4.78 is 5.40. The molecule has 1 aliphatic carbocycles. The highest BCUT2D eigenvalue weighted by molar-refractivity contribution is 6.38. The lowest BCUT2D eigenvalue weighted by Crippen LogP contribution is -2.67. The van der Waals surface area contributed by atoms with Crippen LogP contribution >= 0.6 is 34.8 Å². The smallest absolute Gasteiger partial charge is 0.408 e. The monoisotopic (exact) mass is 691 g/mol. The Hall–Kier alpha value is -3.47. The molecule has 1 aliphatic rings. The van der Waals surface area contributed by atoms with Gasteiger partial charge in [-0.05, 0) is 60.1 Å². The summed E-state index contributed by atoms with van der Waals surface area (Å²) in [7, 11) is 0. The SMILES string of the molecule is CCC(C)[C@H](NC(=O)[C@@]1(NC(=O)[C@@H](NC(=O)OCc2ccc(Cl)cc2)C(C)CC)CCc2[nH]c3c(Cl)cc(Cl)cc3c2C1)C(N)=O. The van der Waals surface area contributed by atoms with Gasteiger partial charge in [0, 0.05) is 27.5 Å². The van der Waals surface area contributed by atoms with Crippen molar-refractivity contribution in [3.05, 3.63) is 68.3 Å². The molecule has 2 unspecified atom stereocenters. The van der Waals surface area contributed by atoms with E-state index in [1.807, 2.05) is 27.7 Å². The van der Waals surface area contributed by atoms with Crippen LogP contribution in [0.2, 0.25) is 15.1 Å². The van der Waals surface area contributed by atoms with Crippen molar-refractivity contribution in [2.24, 2.45) is 17.6 Å². The summed E-state index contributed by atoms with van der Waals surface area (Å²) in [6.45, 7) is 7.41. The van der Waals surface area contributed by atoms with Gasteiger partial charge < -0.3 is 31.4 Å². The number of amides is 4. The highest BCUT2D eigenvalue weighted by atomic mass is 35.5. The van der Waals surface area contributed by atoms with Gasteiger partial charge in [0.1, 0.15) is 24.2 Å². The van der Waals surface area contributed by atoms with Gasteiger partial charge in [0.2, 0.25) is 17.7 Å². The van der Waals surface area contributed by atoms with E-state index in [4.69, 9.17) is 45.3 Å². The normalized spacial score (nSPS) is 18.5. The number of aromatic nitrogens is 1. The first-order chi connectivity index (χ1) is 21.8. The molecule has 0 spiro atoms. The van der Waals surface area contributed by atoms with Crippen LogP contribution in [0.25, 0.3) is 10.9 Å². The van der Waals surface area contributed by atoms with Crippen LogP contribution in [0.15, 0.2) is 36.4 Å². The highest BCUT2D eigenvalue weighted by Crippen LogP contribution is 2.38. The number of hydrogen-bond donors (Lipinski definition) is 5. The van der Waals surface area contributed by atoms with Gasteiger partial charge in [0.15, 0.2) is 0 Å². The number of carbonyl (C=O) groups excluding carboxylic acids is 4. The Morgan fingerprint density at radius 1 is 0.957 bits per heavy atom. The summed E-state index contributed by atoms with van der Waals surface area (Å²) in [6, 6.07) is 8.26. The molecular weight excluding hydrogens is 653 g/mol. The Morgan fingerprint density at radius 2 is 1.61 bits per heavy atom. The molecule has 0 fully saturated rings. The van der Waals surface area contributed by atoms with Crippen LogP contribution in [0.5, 0.6) is 0 Å². The molecule has 46 heavy (non-hydrogen) atoms. The molecule has 0 saturated carbocycles. The number of H-pyrrole nitrogens is 1. The van der Waals surface area contributed by atoms with E-state index in [1.165, 1.54) is 0 Å². The van der Waals surface area contributed by atoms with Crippen LogP contribution in [-0.4, -0.2) is 46.4 Å². The molecule has 0 radical (unpaired) electrons. The van der Waals surface area contributed by atoms with Crippen molar-refractivity contribution < 1.29 is 23.9 Å². The molecule has 4 amide bonds. The Balaban J connectivity index is 1.65. The molecule has 0 saturated heterocycles. The number of nitrogens with two attached hydrogens (primary N) is 1. The zero-order chi connectivity index (χ0) is 33.8. The quantitative estimate of drug-likeness (QED) is 0.162. The average Bonchev–Trinajstić information content (AvgIpc) is 3.38. The van der Waals surface area contributed by atoms with Crippen LogP contribution in [0.1, 0.15) is 63.8 Å². The first-order valence-corrected chi connectivity index (χ1v) is 16.5. The van der Waals surface area contributed by atoms with E-state index in [9.17, 15) is 19.2 Å². The number of rotatable bonds is 12. The van der Waals surface area contributed by atoms with Gasteiger partial charge in [-0.2, -0.15) is 0 Å². The molecule has 4 rings (SSSR count). The lowest BCUT2D eigenvalue weighted by atomic mass is 9.78. The van der Waals surface area contributed by atoms with Crippen LogP contribution in [0.4, 0.5) is 4.79 Å². The molecule has 0 bridgehead atoms. The summed E-state index contributed by atoms with van der Waals surface area (Å²) in [4.78, 5) is 57.0. The van der Waals surface area contributed by atoms with Crippen molar-refractivity contribution in [2.45, 2.75) is 84.0 Å². The number of aromatic amines is 1. The van der Waals surface area contributed by atoms with Crippen LogP contribution < -0.4 is 21.7 Å². The molecule has 5 atom stereocenters. The predicted molar refractivity (Wildman–Crippen MR) is 180 cm³/mol. The van der Waals surface area contributed by atoms with Gasteiger partial charge in [0.25, 0.3) is 0 Å². The first-order valence-electron chi connectivity index (χ1n) is 15.4. The molecule has 13 heteroatoms. The highest BCUT2D eigenvalue weighted by Gasteiger charge is 2.46. The van der Waals surface area contributed by atoms with E-state index >= 15 is 0 Å². The lowest BCUT2D eigenvalue weighted by Gasteiger charge is -2.39. The van der Waals surface area contributed by atoms with Crippen molar-refractivity contribution >= 4 is 69.5 Å². The second kappa shape index (κ2) is 15.0. The standard InChI is InChI=1S/C33H40Cl3N5O5/c1-5-17(3)26(29(37)42)39-31(44)33(12-11-25-23(15-33)22-13-21(35)14-24(36)28(22)38-25)41-30(43)27(18(4)6-2)40-32(45)46-16-19-7-9-20(34)10-8-19/h7-10,13-14,17-18,26-27,38H,5-6,11-12,15-16H2,1-4H3,(H2,37,42)(H,39,44)(H,40,45)(H,41,43)/t17?,18?,26-,27-,33+/m0/s1. The number of nitrogens with one attached hydrogen (secondary N) is 4. The van der Waals surface area contributed by atoms with Crippen molar-refractivity contribution in [2.75, 3.05) is 0 Å². The van der Waals surface area contributed by atoms with Crippen molar-refractivity contribution in [3.8, 4) is 0 Å². The molecule has 248 valence electrons. The predicted octanol–water partition coefficient (Wildman–Crippen LogP) is 5.83. The van der Waals surface area contributed by atoms with Crippen molar-refractivity contribution in [3.63, 3.8) is 0 Å². The van der Waals surface area contributed by atoms with E-state index in [-0.39, 0.29) is 31.3 Å². The van der Waals surface area contributed by atoms with Gasteiger partial charge in [-0.15, -0.1) is 0 Å². The molecule has 1 aromatic heterocycles. The summed E-state index contributed by atoms with van der Waals surface area (Å²) in [6.07, 6.45) is 1.03. The zero-order valence-corrected chi connectivity index (χ0v) is 28.5. The van der Waals surface area contributed by atoms with Crippen molar-refractivity contribution in [1.29, 1.82) is 0 Å². The third kappa shape index (κ3) is 7.90. The molecule has 2 aromatic carbocycles. The van der Waals surface area contributed by atoms with Crippen LogP contribution in [0.3, 0.4) is 0 Å². The molecule has 1 heterocycles. The molecule has 3 aromatic rings. The largest absolute Gasteiger partial charge is 0.445 e. The first kappa shape index (κ1) is 35.4. The number of alkyl carbamates (subject to hydrolysis) is 1. The number of fused-ring (bicyclic) bond motifs is 3. The van der Waals surface area contributed by atoms with Gasteiger partial charge in [-0.3, -0.25) is 14.4 Å². The van der Waals surface area contributed by atoms with Crippen LogP contribution in [-0.2, 0) is 38.6 Å². The number of aryl methyl sites for hydroxylation is 1. The van der Waals surface area contributed by atoms with E-state index in [1.54, 1.807) is 36.4 Å². The lowest BCUT2D eigenvalue weighted by molar-refractivity contribution is -0.137.